The van der Waals surface area contributed by atoms with Gasteiger partial charge in [-0.3, -0.25) is 4.79 Å². The summed E-state index contributed by atoms with van der Waals surface area (Å²) < 4.78 is 14.4. The Morgan fingerprint density at radius 3 is 2.68 bits per heavy atom. The first-order valence-corrected chi connectivity index (χ1v) is 7.24. The lowest BCUT2D eigenvalue weighted by Crippen LogP contribution is -2.29. The van der Waals surface area contributed by atoms with E-state index in [9.17, 15) is 14.0 Å². The van der Waals surface area contributed by atoms with Gasteiger partial charge in [0, 0.05) is 17.1 Å². The number of nitrogens with zero attached hydrogens (tertiary/aromatic N) is 1. The number of hydrogen-bond acceptors (Lipinski definition) is 3. The van der Waals surface area contributed by atoms with Gasteiger partial charge in [-0.2, -0.15) is 0 Å². The average Bonchev–Trinajstić information content (AvgIpc) is 2.48. The fourth-order valence-electron chi connectivity index (χ4n) is 3.05. The van der Waals surface area contributed by atoms with Crippen LogP contribution in [0.25, 0.3) is 10.9 Å². The number of aromatic amines is 1. The van der Waals surface area contributed by atoms with Crippen molar-refractivity contribution in [2.75, 3.05) is 20.1 Å². The molecule has 5 nitrogen and oxygen atoms in total. The Bertz CT molecular complexity index is 792. The molecule has 0 bridgehead atoms. The Labute approximate surface area is 126 Å². The van der Waals surface area contributed by atoms with Crippen molar-refractivity contribution >= 4 is 16.9 Å². The number of carboxylic acids is 1. The molecule has 1 aromatic heterocycles. The minimum Gasteiger partial charge on any atom is -0.477 e. The highest BCUT2D eigenvalue weighted by Crippen LogP contribution is 2.31. The molecular weight excluding hydrogens is 287 g/mol. The topological polar surface area (TPSA) is 73.4 Å². The zero-order chi connectivity index (χ0) is 15.9. The normalized spacial score (nSPS) is 17.0. The number of piperidine rings is 1. The van der Waals surface area contributed by atoms with Gasteiger partial charge in [0.15, 0.2) is 0 Å². The number of benzene rings is 1. The van der Waals surface area contributed by atoms with Crippen LogP contribution >= 0.6 is 0 Å². The standard InChI is InChI=1S/C16H17FN2O3/c1-19-4-2-9(3-5-19)10-7-14-11(6-13(10)17)15(20)12(8-18-14)16(21)22/h6-9H,2-5H2,1H3,(H,18,20)(H,21,22). The predicted octanol–water partition coefficient (Wildman–Crippen LogP) is 2.17. The lowest BCUT2D eigenvalue weighted by Gasteiger charge is -2.29. The van der Waals surface area contributed by atoms with E-state index in [0.717, 1.165) is 32.0 Å². The zero-order valence-corrected chi connectivity index (χ0v) is 12.2. The van der Waals surface area contributed by atoms with Gasteiger partial charge < -0.3 is 15.0 Å². The Morgan fingerprint density at radius 2 is 2.05 bits per heavy atom. The summed E-state index contributed by atoms with van der Waals surface area (Å²) >= 11 is 0. The number of nitrogens with one attached hydrogen (secondary N) is 1. The maximum atomic E-state index is 14.4. The molecular formula is C16H17FN2O3. The van der Waals surface area contributed by atoms with Crippen LogP contribution in [0, 0.1) is 5.82 Å². The van der Waals surface area contributed by atoms with E-state index < -0.39 is 17.2 Å². The number of pyridine rings is 1. The van der Waals surface area contributed by atoms with E-state index in [2.05, 4.69) is 9.88 Å². The van der Waals surface area contributed by atoms with Crippen molar-refractivity contribution in [3.63, 3.8) is 0 Å². The van der Waals surface area contributed by atoms with E-state index >= 15 is 0 Å². The first kappa shape index (κ1) is 14.7. The van der Waals surface area contributed by atoms with E-state index in [-0.39, 0.29) is 16.9 Å². The molecule has 3 rings (SSSR count). The number of rotatable bonds is 2. The van der Waals surface area contributed by atoms with Gasteiger partial charge in [0.2, 0.25) is 5.43 Å². The van der Waals surface area contributed by atoms with Crippen LogP contribution in [0.4, 0.5) is 4.39 Å². The lowest BCUT2D eigenvalue weighted by molar-refractivity contribution is 0.0695. The summed E-state index contributed by atoms with van der Waals surface area (Å²) in [5.74, 6) is -1.62. The monoisotopic (exact) mass is 304 g/mol. The number of H-pyrrole nitrogens is 1. The van der Waals surface area contributed by atoms with Crippen molar-refractivity contribution in [3.05, 3.63) is 45.5 Å². The zero-order valence-electron chi connectivity index (χ0n) is 12.2. The lowest BCUT2D eigenvalue weighted by atomic mass is 9.88. The number of aromatic carboxylic acids is 1. The molecule has 1 fully saturated rings. The molecule has 2 N–H and O–H groups in total. The van der Waals surface area contributed by atoms with Crippen molar-refractivity contribution in [3.8, 4) is 0 Å². The highest BCUT2D eigenvalue weighted by molar-refractivity contribution is 5.92. The van der Waals surface area contributed by atoms with Crippen LogP contribution in [0.1, 0.15) is 34.7 Å². The first-order chi connectivity index (χ1) is 10.5. The van der Waals surface area contributed by atoms with Crippen LogP contribution in [-0.4, -0.2) is 41.1 Å². The van der Waals surface area contributed by atoms with Gasteiger partial charge in [-0.05, 0) is 56.6 Å². The van der Waals surface area contributed by atoms with Crippen LogP contribution in [-0.2, 0) is 0 Å². The van der Waals surface area contributed by atoms with Crippen molar-refractivity contribution < 1.29 is 14.3 Å². The molecule has 1 aliphatic rings. The molecule has 0 spiro atoms. The number of carboxylic acid groups (broad SMARTS) is 1. The van der Waals surface area contributed by atoms with E-state index in [1.54, 1.807) is 6.07 Å². The third kappa shape index (κ3) is 2.50. The maximum Gasteiger partial charge on any atom is 0.341 e. The van der Waals surface area contributed by atoms with Crippen LogP contribution in [0.2, 0.25) is 0 Å². The Morgan fingerprint density at radius 1 is 1.36 bits per heavy atom. The number of halogens is 1. The number of carbonyl (C=O) groups is 1. The predicted molar refractivity (Wildman–Crippen MR) is 81.0 cm³/mol. The largest absolute Gasteiger partial charge is 0.477 e. The summed E-state index contributed by atoms with van der Waals surface area (Å²) in [5.41, 5.74) is 0.0404. The molecule has 1 aliphatic heterocycles. The molecule has 0 aliphatic carbocycles. The van der Waals surface area contributed by atoms with Crippen molar-refractivity contribution in [2.24, 2.45) is 0 Å². The van der Waals surface area contributed by atoms with Gasteiger partial charge in [0.05, 0.1) is 0 Å². The molecule has 22 heavy (non-hydrogen) atoms. The molecule has 2 heterocycles. The van der Waals surface area contributed by atoms with Crippen LogP contribution < -0.4 is 5.43 Å². The summed E-state index contributed by atoms with van der Waals surface area (Å²) in [7, 11) is 2.04. The fourth-order valence-corrected chi connectivity index (χ4v) is 3.05. The van der Waals surface area contributed by atoms with Crippen LogP contribution in [0.5, 0.6) is 0 Å². The average molecular weight is 304 g/mol. The third-order valence-corrected chi connectivity index (χ3v) is 4.39. The van der Waals surface area contributed by atoms with E-state index in [0.29, 0.717) is 11.1 Å². The highest BCUT2D eigenvalue weighted by atomic mass is 19.1. The minimum absolute atomic E-state index is 0.0778. The smallest absolute Gasteiger partial charge is 0.341 e. The molecule has 0 amide bonds. The second-order valence-electron chi connectivity index (χ2n) is 5.83. The fraction of sp³-hybridized carbons (Fsp3) is 0.375. The Hall–Kier alpha value is -2.21. The summed E-state index contributed by atoms with van der Waals surface area (Å²) in [6, 6.07) is 2.81. The second kappa shape index (κ2) is 5.53. The Kier molecular flexibility index (Phi) is 3.70. The van der Waals surface area contributed by atoms with Gasteiger partial charge in [0.1, 0.15) is 11.4 Å². The molecule has 2 aromatic rings. The summed E-state index contributed by atoms with van der Waals surface area (Å²) in [5, 5.41) is 9.04. The molecule has 1 saturated heterocycles. The van der Waals surface area contributed by atoms with Gasteiger partial charge in [-0.25, -0.2) is 9.18 Å². The number of hydrogen-bond donors (Lipinski definition) is 2. The van der Waals surface area contributed by atoms with Crippen molar-refractivity contribution in [1.82, 2.24) is 9.88 Å². The van der Waals surface area contributed by atoms with Crippen LogP contribution in [0.15, 0.2) is 23.1 Å². The summed E-state index contributed by atoms with van der Waals surface area (Å²) in [4.78, 5) is 28.1. The first-order valence-electron chi connectivity index (χ1n) is 7.24. The molecule has 0 atom stereocenters. The summed E-state index contributed by atoms with van der Waals surface area (Å²) in [6.45, 7) is 1.83. The highest BCUT2D eigenvalue weighted by Gasteiger charge is 2.22. The minimum atomic E-state index is -1.32. The molecule has 6 heteroatoms. The van der Waals surface area contributed by atoms with Gasteiger partial charge in [0.25, 0.3) is 0 Å². The van der Waals surface area contributed by atoms with E-state index in [1.807, 2.05) is 7.05 Å². The molecule has 1 aromatic carbocycles. The van der Waals surface area contributed by atoms with Crippen molar-refractivity contribution in [1.29, 1.82) is 0 Å². The maximum absolute atomic E-state index is 14.4. The Balaban J connectivity index is 2.08. The summed E-state index contributed by atoms with van der Waals surface area (Å²) in [6.07, 6.45) is 2.91. The van der Waals surface area contributed by atoms with E-state index in [4.69, 9.17) is 5.11 Å². The van der Waals surface area contributed by atoms with E-state index in [1.165, 1.54) is 6.20 Å². The number of fused-ring (bicyclic) bond motifs is 1. The number of likely N-dealkylation sites (tertiary alicyclic amines) is 1. The SMILES string of the molecule is CN1CCC(c2cc3[nH]cc(C(=O)O)c(=O)c3cc2F)CC1. The van der Waals surface area contributed by atoms with Crippen LogP contribution in [0.3, 0.4) is 0 Å². The molecule has 116 valence electrons. The van der Waals surface area contributed by atoms with Gasteiger partial charge in [-0.1, -0.05) is 0 Å². The molecule has 0 radical (unpaired) electrons. The quantitative estimate of drug-likeness (QED) is 0.892. The molecule has 0 unspecified atom stereocenters. The van der Waals surface area contributed by atoms with Gasteiger partial charge >= 0.3 is 5.97 Å². The second-order valence-corrected chi connectivity index (χ2v) is 5.83. The van der Waals surface area contributed by atoms with Gasteiger partial charge in [-0.15, -0.1) is 0 Å². The van der Waals surface area contributed by atoms with Crippen molar-refractivity contribution in [2.45, 2.75) is 18.8 Å². The third-order valence-electron chi connectivity index (χ3n) is 4.39. The number of aromatic nitrogens is 1. The molecule has 0 saturated carbocycles.